The molecule has 2 aromatic carbocycles. The first-order valence-electron chi connectivity index (χ1n) is 9.40. The number of rotatable bonds is 7. The molecule has 2 N–H and O–H groups in total. The van der Waals surface area contributed by atoms with Crippen LogP contribution in [0.2, 0.25) is 0 Å². The highest BCUT2D eigenvalue weighted by molar-refractivity contribution is 7.89. The maximum Gasteiger partial charge on any atom is 0.260 e. The topological polar surface area (TPSA) is 110 Å². The van der Waals surface area contributed by atoms with Crippen LogP contribution in [0.4, 0.5) is 8.78 Å². The Kier molecular flexibility index (Phi) is 6.86. The maximum atomic E-state index is 13.9. The number of carbonyl (C=O) groups is 2. The van der Waals surface area contributed by atoms with Crippen molar-refractivity contribution in [1.82, 2.24) is 9.21 Å². The number of hydrogen-bond acceptors (Lipinski definition) is 5. The predicted molar refractivity (Wildman–Crippen MR) is 107 cm³/mol. The van der Waals surface area contributed by atoms with E-state index in [1.165, 1.54) is 4.90 Å². The minimum atomic E-state index is -4.36. The predicted octanol–water partition coefficient (Wildman–Crippen LogP) is 0.904. The summed E-state index contributed by atoms with van der Waals surface area (Å²) in [6, 6.07) is 9.40. The molecule has 1 fully saturated rings. The first kappa shape index (κ1) is 22.6. The fourth-order valence-corrected chi connectivity index (χ4v) is 4.71. The minimum Gasteiger partial charge on any atom is -0.484 e. The van der Waals surface area contributed by atoms with Gasteiger partial charge in [0.1, 0.15) is 17.4 Å². The molecule has 0 atom stereocenters. The number of benzene rings is 2. The third-order valence-corrected chi connectivity index (χ3v) is 6.72. The fourth-order valence-electron chi connectivity index (χ4n) is 3.18. The lowest BCUT2D eigenvalue weighted by Gasteiger charge is -2.34. The molecule has 31 heavy (non-hydrogen) atoms. The Morgan fingerprint density at radius 1 is 0.968 bits per heavy atom. The van der Waals surface area contributed by atoms with Gasteiger partial charge in [0, 0.05) is 26.2 Å². The first-order chi connectivity index (χ1) is 14.7. The van der Waals surface area contributed by atoms with Crippen LogP contribution < -0.4 is 10.5 Å². The third kappa shape index (κ3) is 5.36. The molecule has 3 rings (SSSR count). The van der Waals surface area contributed by atoms with E-state index in [9.17, 15) is 26.8 Å². The van der Waals surface area contributed by atoms with E-state index in [4.69, 9.17) is 10.5 Å². The summed E-state index contributed by atoms with van der Waals surface area (Å²) in [5, 5.41) is 0. The minimum absolute atomic E-state index is 0.0645. The number of nitrogens with two attached hydrogens (primary N) is 1. The molecule has 0 saturated carbocycles. The molecule has 0 radical (unpaired) electrons. The number of primary amides is 1. The van der Waals surface area contributed by atoms with Crippen LogP contribution in [0.1, 0.15) is 5.56 Å². The Bertz CT molecular complexity index is 1050. The number of carbonyl (C=O) groups excluding carboxylic acids is 2. The molecular formula is C20H21F2N3O5S. The van der Waals surface area contributed by atoms with Crippen LogP contribution in [0.15, 0.2) is 47.4 Å². The lowest BCUT2D eigenvalue weighted by molar-refractivity contribution is -0.134. The van der Waals surface area contributed by atoms with Crippen molar-refractivity contribution in [3.8, 4) is 5.75 Å². The van der Waals surface area contributed by atoms with Gasteiger partial charge in [0.05, 0.1) is 6.42 Å². The van der Waals surface area contributed by atoms with Crippen LogP contribution in [0.5, 0.6) is 5.75 Å². The summed E-state index contributed by atoms with van der Waals surface area (Å²) in [6.07, 6.45) is 0.100. The Morgan fingerprint density at radius 2 is 1.55 bits per heavy atom. The van der Waals surface area contributed by atoms with Crippen LogP contribution >= 0.6 is 0 Å². The number of hydrogen-bond donors (Lipinski definition) is 1. The molecule has 0 spiro atoms. The van der Waals surface area contributed by atoms with E-state index in [0.717, 1.165) is 28.1 Å². The average molecular weight is 453 g/mol. The van der Waals surface area contributed by atoms with Crippen molar-refractivity contribution < 1.29 is 31.5 Å². The Morgan fingerprint density at radius 3 is 2.10 bits per heavy atom. The molecule has 1 aliphatic rings. The average Bonchev–Trinajstić information content (AvgIpc) is 2.72. The largest absolute Gasteiger partial charge is 0.484 e. The van der Waals surface area contributed by atoms with Gasteiger partial charge in [0.15, 0.2) is 11.5 Å². The van der Waals surface area contributed by atoms with Gasteiger partial charge in [-0.2, -0.15) is 4.31 Å². The van der Waals surface area contributed by atoms with Crippen LogP contribution in [-0.4, -0.2) is 62.2 Å². The van der Waals surface area contributed by atoms with E-state index in [0.29, 0.717) is 5.75 Å². The van der Waals surface area contributed by atoms with E-state index < -0.39 is 32.5 Å². The van der Waals surface area contributed by atoms with Gasteiger partial charge in [-0.1, -0.05) is 18.2 Å². The summed E-state index contributed by atoms with van der Waals surface area (Å²) in [5.41, 5.74) is 5.85. The molecular weight excluding hydrogens is 432 g/mol. The van der Waals surface area contributed by atoms with E-state index in [-0.39, 0.29) is 45.1 Å². The molecule has 2 amide bonds. The van der Waals surface area contributed by atoms with Crippen molar-refractivity contribution in [3.63, 3.8) is 0 Å². The number of nitrogens with zero attached hydrogens (tertiary/aromatic N) is 2. The second-order valence-electron chi connectivity index (χ2n) is 6.91. The molecule has 0 bridgehead atoms. The molecule has 0 aliphatic carbocycles. The zero-order valence-corrected chi connectivity index (χ0v) is 17.3. The van der Waals surface area contributed by atoms with E-state index >= 15 is 0 Å². The van der Waals surface area contributed by atoms with Gasteiger partial charge in [-0.25, -0.2) is 17.2 Å². The monoisotopic (exact) mass is 453 g/mol. The number of amides is 2. The van der Waals surface area contributed by atoms with E-state index in [2.05, 4.69) is 0 Å². The van der Waals surface area contributed by atoms with Gasteiger partial charge in [0.25, 0.3) is 5.91 Å². The lowest BCUT2D eigenvalue weighted by Crippen LogP contribution is -2.51. The second kappa shape index (κ2) is 9.40. The lowest BCUT2D eigenvalue weighted by atomic mass is 10.1. The molecule has 0 aromatic heterocycles. The van der Waals surface area contributed by atoms with Crippen LogP contribution in [0.3, 0.4) is 0 Å². The Balaban J connectivity index is 1.54. The van der Waals surface area contributed by atoms with Crippen molar-refractivity contribution >= 4 is 21.8 Å². The highest BCUT2D eigenvalue weighted by atomic mass is 32.2. The van der Waals surface area contributed by atoms with Crippen molar-refractivity contribution in [2.24, 2.45) is 5.73 Å². The van der Waals surface area contributed by atoms with Gasteiger partial charge in [-0.3, -0.25) is 9.59 Å². The molecule has 0 unspecified atom stereocenters. The van der Waals surface area contributed by atoms with Crippen LogP contribution in [-0.2, 0) is 26.0 Å². The van der Waals surface area contributed by atoms with Crippen molar-refractivity contribution in [1.29, 1.82) is 0 Å². The standard InChI is InChI=1S/C20H21F2N3O5S/c21-16-2-1-3-17(22)20(16)31(28,29)25-10-8-24(9-11-25)19(27)13-30-15-6-4-14(5-7-15)12-18(23)26/h1-7H,8-13H2,(H2,23,26). The van der Waals surface area contributed by atoms with Gasteiger partial charge in [0.2, 0.25) is 15.9 Å². The number of sulfonamides is 1. The molecule has 1 heterocycles. The molecule has 1 aliphatic heterocycles. The van der Waals surface area contributed by atoms with Crippen LogP contribution in [0, 0.1) is 11.6 Å². The van der Waals surface area contributed by atoms with E-state index in [1.807, 2.05) is 0 Å². The van der Waals surface area contributed by atoms with Gasteiger partial charge in [-0.05, 0) is 29.8 Å². The summed E-state index contributed by atoms with van der Waals surface area (Å²) in [5.74, 6) is -2.70. The normalized spacial score (nSPS) is 15.0. The molecule has 8 nitrogen and oxygen atoms in total. The maximum absolute atomic E-state index is 13.9. The highest BCUT2D eigenvalue weighted by Crippen LogP contribution is 2.23. The molecule has 166 valence electrons. The molecule has 1 saturated heterocycles. The number of ether oxygens (including phenoxy) is 1. The first-order valence-corrected chi connectivity index (χ1v) is 10.8. The zero-order valence-electron chi connectivity index (χ0n) is 16.5. The van der Waals surface area contributed by atoms with Crippen LogP contribution in [0.25, 0.3) is 0 Å². The highest BCUT2D eigenvalue weighted by Gasteiger charge is 2.34. The number of piperazine rings is 1. The quantitative estimate of drug-likeness (QED) is 0.670. The summed E-state index contributed by atoms with van der Waals surface area (Å²) < 4.78 is 59.4. The molecule has 11 heteroatoms. The Labute approximate surface area is 178 Å². The second-order valence-corrected chi connectivity index (χ2v) is 8.79. The van der Waals surface area contributed by atoms with Crippen molar-refractivity contribution in [2.75, 3.05) is 32.8 Å². The summed E-state index contributed by atoms with van der Waals surface area (Å²) in [6.45, 7) is -0.318. The van der Waals surface area contributed by atoms with Gasteiger partial charge >= 0.3 is 0 Å². The van der Waals surface area contributed by atoms with Crippen molar-refractivity contribution in [3.05, 3.63) is 59.7 Å². The van der Waals surface area contributed by atoms with Gasteiger partial charge < -0.3 is 15.4 Å². The van der Waals surface area contributed by atoms with Crippen molar-refractivity contribution in [2.45, 2.75) is 11.3 Å². The summed E-state index contributed by atoms with van der Waals surface area (Å²) >= 11 is 0. The third-order valence-electron chi connectivity index (χ3n) is 4.77. The fraction of sp³-hybridized carbons (Fsp3) is 0.300. The zero-order chi connectivity index (χ0) is 22.6. The summed E-state index contributed by atoms with van der Waals surface area (Å²) in [4.78, 5) is 23.7. The van der Waals surface area contributed by atoms with E-state index in [1.54, 1.807) is 24.3 Å². The van der Waals surface area contributed by atoms with Gasteiger partial charge in [-0.15, -0.1) is 0 Å². The summed E-state index contributed by atoms with van der Waals surface area (Å²) in [7, 11) is -4.36. The molecule has 2 aromatic rings. The smallest absolute Gasteiger partial charge is 0.260 e. The Hall–Kier alpha value is -3.05. The SMILES string of the molecule is NC(=O)Cc1ccc(OCC(=O)N2CCN(S(=O)(=O)c3c(F)cccc3F)CC2)cc1. The number of halogens is 2.